The molecule has 1 saturated heterocycles. The molecule has 0 atom stereocenters. The number of likely N-dealkylation sites (tertiary alicyclic amines) is 1. The third kappa shape index (κ3) is 3.68. The number of aromatic amines is 1. The highest BCUT2D eigenvalue weighted by atomic mass is 16.2. The number of piperidine rings is 1. The van der Waals surface area contributed by atoms with Gasteiger partial charge in [-0.15, -0.1) is 0 Å². The van der Waals surface area contributed by atoms with E-state index in [2.05, 4.69) is 69.0 Å². The zero-order valence-corrected chi connectivity index (χ0v) is 20.6. The van der Waals surface area contributed by atoms with Gasteiger partial charge in [0.15, 0.2) is 0 Å². The molecule has 1 aliphatic heterocycles. The van der Waals surface area contributed by atoms with Crippen LogP contribution < -0.4 is 5.73 Å². The molecule has 0 bridgehead atoms. The molecule has 0 aliphatic carbocycles. The van der Waals surface area contributed by atoms with Gasteiger partial charge in [-0.3, -0.25) is 0 Å². The van der Waals surface area contributed by atoms with Crippen molar-refractivity contribution in [1.29, 1.82) is 0 Å². The highest BCUT2D eigenvalue weighted by Gasteiger charge is 2.28. The van der Waals surface area contributed by atoms with Gasteiger partial charge in [0.2, 0.25) is 0 Å². The number of fused-ring (bicyclic) bond motifs is 2. The number of anilines is 1. The predicted octanol–water partition coefficient (Wildman–Crippen LogP) is 5.59. The fourth-order valence-corrected chi connectivity index (χ4v) is 5.54. The third-order valence-corrected chi connectivity index (χ3v) is 7.34. The summed E-state index contributed by atoms with van der Waals surface area (Å²) in [4.78, 5) is 24.1. The Kier molecular flexibility index (Phi) is 5.40. The number of nitrogens with two attached hydrogens (primary N) is 1. The number of amides is 2. The quantitative estimate of drug-likeness (QED) is 0.354. The molecule has 0 spiro atoms. The van der Waals surface area contributed by atoms with Crippen LogP contribution in [0, 0.1) is 0 Å². The number of carbonyl (C=O) groups excluding carboxylic acids is 1. The average Bonchev–Trinajstić information content (AvgIpc) is 3.51. The fourth-order valence-electron chi connectivity index (χ4n) is 5.54. The summed E-state index contributed by atoms with van der Waals surface area (Å²) in [6.45, 7) is 1.50. The first kappa shape index (κ1) is 22.2. The summed E-state index contributed by atoms with van der Waals surface area (Å²) in [6, 6.07) is 21.4. The molecule has 0 unspecified atom stereocenters. The van der Waals surface area contributed by atoms with Crippen LogP contribution in [0.5, 0.6) is 0 Å². The van der Waals surface area contributed by atoms with E-state index in [1.54, 1.807) is 25.2 Å². The molecule has 1 aliphatic rings. The molecule has 0 radical (unpaired) electrons. The Balaban J connectivity index is 1.42. The number of para-hydroxylation sites is 1. The van der Waals surface area contributed by atoms with Gasteiger partial charge >= 0.3 is 6.03 Å². The van der Waals surface area contributed by atoms with Crippen molar-refractivity contribution in [2.24, 2.45) is 0 Å². The summed E-state index contributed by atoms with van der Waals surface area (Å²) in [5.74, 6) is 0.851. The Bertz CT molecular complexity index is 1560. The van der Waals surface area contributed by atoms with E-state index in [0.717, 1.165) is 53.6 Å². The van der Waals surface area contributed by atoms with Crippen LogP contribution in [0.15, 0.2) is 73.1 Å². The fraction of sp³-hybridized carbons (Fsp3) is 0.241. The zero-order chi connectivity index (χ0) is 24.8. The number of carbonyl (C=O) groups is 1. The smallest absolute Gasteiger partial charge is 0.319 e. The molecule has 7 nitrogen and oxygen atoms in total. The molecule has 1 fully saturated rings. The van der Waals surface area contributed by atoms with E-state index < -0.39 is 0 Å². The lowest BCUT2D eigenvalue weighted by Crippen LogP contribution is -2.43. The molecule has 7 heteroatoms. The minimum atomic E-state index is 0.0786. The predicted molar refractivity (Wildman–Crippen MR) is 145 cm³/mol. The Labute approximate surface area is 210 Å². The minimum absolute atomic E-state index is 0.0786. The van der Waals surface area contributed by atoms with E-state index in [9.17, 15) is 4.79 Å². The topological polar surface area (TPSA) is 82.7 Å². The second-order valence-electron chi connectivity index (χ2n) is 9.77. The van der Waals surface area contributed by atoms with Crippen LogP contribution in [0.3, 0.4) is 0 Å². The van der Waals surface area contributed by atoms with Crippen molar-refractivity contribution in [2.45, 2.75) is 18.8 Å². The normalized spacial score (nSPS) is 14.6. The van der Waals surface area contributed by atoms with E-state index >= 15 is 0 Å². The summed E-state index contributed by atoms with van der Waals surface area (Å²) in [5.41, 5.74) is 14.1. The molecule has 36 heavy (non-hydrogen) atoms. The monoisotopic (exact) mass is 478 g/mol. The van der Waals surface area contributed by atoms with Gasteiger partial charge in [0.1, 0.15) is 5.82 Å². The highest BCUT2D eigenvalue weighted by Crippen LogP contribution is 2.39. The van der Waals surface area contributed by atoms with Crippen LogP contribution in [0.4, 0.5) is 10.6 Å². The maximum atomic E-state index is 12.4. The molecule has 0 saturated carbocycles. The summed E-state index contributed by atoms with van der Waals surface area (Å²) in [7, 11) is 3.61. The molecule has 5 aromatic rings. The van der Waals surface area contributed by atoms with Gasteiger partial charge in [0, 0.05) is 73.4 Å². The Morgan fingerprint density at radius 3 is 2.56 bits per heavy atom. The molecular weight excluding hydrogens is 448 g/mol. The standard InChI is InChI=1S/C29H30N6O/c1-33(2)29(36)34-14-11-20(12-15-34)25-18-23(27-28(30)31-13-16-35(25)27)24-17-21-9-6-10-22(26(21)32-24)19-7-4-3-5-8-19/h3-10,13,16-18,20,32H,11-12,14-15H2,1-2H3,(H2,30,31). The van der Waals surface area contributed by atoms with Gasteiger partial charge in [-0.25, -0.2) is 9.78 Å². The van der Waals surface area contributed by atoms with E-state index in [1.165, 1.54) is 16.8 Å². The van der Waals surface area contributed by atoms with Crippen LogP contribution in [0.1, 0.15) is 24.5 Å². The summed E-state index contributed by atoms with van der Waals surface area (Å²) < 4.78 is 2.19. The van der Waals surface area contributed by atoms with Crippen LogP contribution in [-0.2, 0) is 0 Å². The van der Waals surface area contributed by atoms with E-state index in [4.69, 9.17) is 5.73 Å². The van der Waals surface area contributed by atoms with Gasteiger partial charge in [-0.2, -0.15) is 0 Å². The van der Waals surface area contributed by atoms with Crippen LogP contribution in [-0.4, -0.2) is 57.4 Å². The Morgan fingerprint density at radius 1 is 1.03 bits per heavy atom. The lowest BCUT2D eigenvalue weighted by molar-refractivity contribution is 0.156. The first-order valence-corrected chi connectivity index (χ1v) is 12.4. The molecule has 2 aromatic carbocycles. The van der Waals surface area contributed by atoms with E-state index in [-0.39, 0.29) is 6.03 Å². The second kappa shape index (κ2) is 8.75. The molecule has 3 N–H and O–H groups in total. The summed E-state index contributed by atoms with van der Waals surface area (Å²) in [6.07, 6.45) is 5.59. The van der Waals surface area contributed by atoms with Crippen molar-refractivity contribution >= 4 is 28.3 Å². The van der Waals surface area contributed by atoms with Crippen molar-refractivity contribution in [3.8, 4) is 22.4 Å². The third-order valence-electron chi connectivity index (χ3n) is 7.34. The molecule has 3 aromatic heterocycles. The molecule has 4 heterocycles. The lowest BCUT2D eigenvalue weighted by atomic mass is 9.93. The van der Waals surface area contributed by atoms with Crippen molar-refractivity contribution in [1.82, 2.24) is 24.2 Å². The van der Waals surface area contributed by atoms with Gasteiger partial charge < -0.3 is 24.9 Å². The van der Waals surface area contributed by atoms with Gasteiger partial charge in [0.25, 0.3) is 0 Å². The summed E-state index contributed by atoms with van der Waals surface area (Å²) in [5, 5.41) is 1.16. The number of nitrogen functional groups attached to an aromatic ring is 1. The number of hydrogen-bond acceptors (Lipinski definition) is 3. The first-order valence-electron chi connectivity index (χ1n) is 12.4. The second-order valence-corrected chi connectivity index (χ2v) is 9.77. The minimum Gasteiger partial charge on any atom is -0.382 e. The molecule has 182 valence electrons. The number of aromatic nitrogens is 3. The molecular formula is C29H30N6O. The number of nitrogens with zero attached hydrogens (tertiary/aromatic N) is 4. The Hall–Kier alpha value is -4.26. The Morgan fingerprint density at radius 2 is 1.81 bits per heavy atom. The zero-order valence-electron chi connectivity index (χ0n) is 20.6. The largest absolute Gasteiger partial charge is 0.382 e. The SMILES string of the molecule is CN(C)C(=O)N1CCC(c2cc(-c3cc4cccc(-c5ccccc5)c4[nH]3)c3c(N)nccn23)CC1. The first-order chi connectivity index (χ1) is 17.5. The maximum Gasteiger partial charge on any atom is 0.319 e. The van der Waals surface area contributed by atoms with Crippen LogP contribution in [0.2, 0.25) is 0 Å². The van der Waals surface area contributed by atoms with Crippen LogP contribution in [0.25, 0.3) is 38.8 Å². The van der Waals surface area contributed by atoms with Gasteiger partial charge in [-0.1, -0.05) is 48.5 Å². The van der Waals surface area contributed by atoms with Gasteiger partial charge in [0.05, 0.1) is 11.0 Å². The summed E-state index contributed by atoms with van der Waals surface area (Å²) >= 11 is 0. The molecule has 6 rings (SSSR count). The van der Waals surface area contributed by atoms with Crippen molar-refractivity contribution in [3.05, 3.63) is 78.8 Å². The number of nitrogens with one attached hydrogen (secondary N) is 1. The number of urea groups is 1. The highest BCUT2D eigenvalue weighted by molar-refractivity contribution is 5.99. The van der Waals surface area contributed by atoms with E-state index in [1.807, 2.05) is 17.2 Å². The maximum absolute atomic E-state index is 12.4. The average molecular weight is 479 g/mol. The number of hydrogen-bond donors (Lipinski definition) is 2. The van der Waals surface area contributed by atoms with Crippen molar-refractivity contribution < 1.29 is 4.79 Å². The van der Waals surface area contributed by atoms with Crippen molar-refractivity contribution in [2.75, 3.05) is 32.9 Å². The molecule has 2 amide bonds. The van der Waals surface area contributed by atoms with Crippen molar-refractivity contribution in [3.63, 3.8) is 0 Å². The number of rotatable bonds is 3. The number of H-pyrrole nitrogens is 1. The van der Waals surface area contributed by atoms with Crippen LogP contribution >= 0.6 is 0 Å². The lowest BCUT2D eigenvalue weighted by Gasteiger charge is -2.33. The number of benzene rings is 2. The van der Waals surface area contributed by atoms with E-state index in [0.29, 0.717) is 11.7 Å². The van der Waals surface area contributed by atoms with Gasteiger partial charge in [-0.05, 0) is 30.5 Å².